The summed E-state index contributed by atoms with van der Waals surface area (Å²) >= 11 is 6.08. The number of fused-ring (bicyclic) bond motifs is 1. The normalized spacial score (nSPS) is 17.8. The number of sulfonamides is 1. The molecule has 4 aromatic rings. The first-order valence-electron chi connectivity index (χ1n) is 12.4. The van der Waals surface area contributed by atoms with Crippen molar-refractivity contribution in [1.82, 2.24) is 15.0 Å². The van der Waals surface area contributed by atoms with Crippen LogP contribution in [0.5, 0.6) is 5.88 Å². The van der Waals surface area contributed by atoms with E-state index in [0.717, 1.165) is 47.7 Å². The van der Waals surface area contributed by atoms with Crippen molar-refractivity contribution in [2.24, 2.45) is 5.73 Å². The van der Waals surface area contributed by atoms with Gasteiger partial charge in [0.1, 0.15) is 10.7 Å². The molecule has 0 radical (unpaired) electrons. The Morgan fingerprint density at radius 1 is 1.05 bits per heavy atom. The number of benzene rings is 2. The Balaban J connectivity index is 1.41. The molecule has 0 bridgehead atoms. The van der Waals surface area contributed by atoms with Crippen LogP contribution in [-0.4, -0.2) is 42.6 Å². The van der Waals surface area contributed by atoms with E-state index < -0.39 is 10.0 Å². The van der Waals surface area contributed by atoms with Crippen LogP contribution in [0.4, 0.5) is 11.8 Å². The van der Waals surface area contributed by atoms with E-state index in [9.17, 15) is 8.42 Å². The molecule has 1 fully saturated rings. The van der Waals surface area contributed by atoms with Gasteiger partial charge in [-0.15, -0.1) is 0 Å². The van der Waals surface area contributed by atoms with Gasteiger partial charge < -0.3 is 15.8 Å². The lowest BCUT2D eigenvalue weighted by molar-refractivity contribution is 0.400. The number of aryl methyl sites for hydroxylation is 1. The number of pyridine rings is 1. The van der Waals surface area contributed by atoms with Gasteiger partial charge in [-0.1, -0.05) is 23.7 Å². The Kier molecular flexibility index (Phi) is 7.38. The minimum atomic E-state index is -3.93. The van der Waals surface area contributed by atoms with E-state index in [0.29, 0.717) is 17.6 Å². The number of nitrogens with one attached hydrogen (secondary N) is 2. The van der Waals surface area contributed by atoms with E-state index in [1.54, 1.807) is 24.3 Å². The van der Waals surface area contributed by atoms with Crippen LogP contribution in [0, 0.1) is 6.92 Å². The van der Waals surface area contributed by atoms with Crippen LogP contribution in [0.1, 0.15) is 31.2 Å². The zero-order valence-corrected chi connectivity index (χ0v) is 22.7. The quantitative estimate of drug-likeness (QED) is 0.287. The number of nitrogens with zero attached hydrogens (tertiary/aromatic N) is 3. The second-order valence-electron chi connectivity index (χ2n) is 9.47. The molecule has 2 aromatic carbocycles. The third-order valence-electron chi connectivity index (χ3n) is 6.71. The lowest BCUT2D eigenvalue weighted by Gasteiger charge is -2.26. The van der Waals surface area contributed by atoms with Crippen molar-refractivity contribution in [3.63, 3.8) is 0 Å². The van der Waals surface area contributed by atoms with Gasteiger partial charge in [-0.05, 0) is 80.1 Å². The zero-order chi connectivity index (χ0) is 26.9. The SMILES string of the molecule is COc1nc(NS(=O)(=O)c2ccccc2Cl)ccc1-c1cc(C)c2nc(N[C@H]3CC[C@H](N)CC3)ncc2c1. The van der Waals surface area contributed by atoms with Gasteiger partial charge in [0.05, 0.1) is 17.6 Å². The predicted octanol–water partition coefficient (Wildman–Crippen LogP) is 5.14. The van der Waals surface area contributed by atoms with Gasteiger partial charge in [0.25, 0.3) is 10.0 Å². The van der Waals surface area contributed by atoms with Gasteiger partial charge in [0, 0.05) is 29.2 Å². The molecule has 0 aliphatic heterocycles. The van der Waals surface area contributed by atoms with Crippen LogP contribution >= 0.6 is 11.6 Å². The highest BCUT2D eigenvalue weighted by molar-refractivity contribution is 7.92. The molecule has 0 spiro atoms. The summed E-state index contributed by atoms with van der Waals surface area (Å²) in [6.45, 7) is 1.99. The van der Waals surface area contributed by atoms with Gasteiger partial charge in [0.15, 0.2) is 0 Å². The number of rotatable bonds is 7. The predicted molar refractivity (Wildman–Crippen MR) is 150 cm³/mol. The van der Waals surface area contributed by atoms with E-state index >= 15 is 0 Å². The molecule has 198 valence electrons. The molecule has 1 saturated carbocycles. The highest BCUT2D eigenvalue weighted by atomic mass is 35.5. The monoisotopic (exact) mass is 552 g/mol. The Bertz CT molecular complexity index is 1590. The van der Waals surface area contributed by atoms with Crippen LogP contribution in [0.15, 0.2) is 59.6 Å². The van der Waals surface area contributed by atoms with E-state index in [1.165, 1.54) is 19.2 Å². The van der Waals surface area contributed by atoms with Crippen LogP contribution in [-0.2, 0) is 10.0 Å². The molecule has 0 atom stereocenters. The Morgan fingerprint density at radius 2 is 1.82 bits per heavy atom. The first kappa shape index (κ1) is 26.1. The average molecular weight is 553 g/mol. The summed E-state index contributed by atoms with van der Waals surface area (Å²) in [5.74, 6) is 1.01. The zero-order valence-electron chi connectivity index (χ0n) is 21.1. The van der Waals surface area contributed by atoms with Crippen molar-refractivity contribution in [3.8, 4) is 17.0 Å². The third-order valence-corrected chi connectivity index (χ3v) is 8.56. The summed E-state index contributed by atoms with van der Waals surface area (Å²) in [5.41, 5.74) is 9.41. The van der Waals surface area contributed by atoms with Gasteiger partial charge >= 0.3 is 0 Å². The maximum atomic E-state index is 12.8. The van der Waals surface area contributed by atoms with E-state index in [-0.39, 0.29) is 27.7 Å². The van der Waals surface area contributed by atoms with Gasteiger partial charge in [-0.3, -0.25) is 4.72 Å². The van der Waals surface area contributed by atoms with Crippen LogP contribution in [0.25, 0.3) is 22.0 Å². The lowest BCUT2D eigenvalue weighted by atomic mass is 9.92. The third kappa shape index (κ3) is 5.52. The summed E-state index contributed by atoms with van der Waals surface area (Å²) in [5, 5.41) is 4.45. The van der Waals surface area contributed by atoms with Crippen LogP contribution < -0.4 is 20.5 Å². The lowest BCUT2D eigenvalue weighted by Crippen LogP contribution is -2.33. The first-order chi connectivity index (χ1) is 18.2. The van der Waals surface area contributed by atoms with Crippen molar-refractivity contribution < 1.29 is 13.2 Å². The van der Waals surface area contributed by atoms with Crippen molar-refractivity contribution in [1.29, 1.82) is 0 Å². The molecule has 2 heterocycles. The standard InChI is InChI=1S/C27H29ClN6O3S/c1-16-13-17(14-18-15-30-27(33-25(16)18)31-20-9-7-19(29)8-10-20)21-11-12-24(32-26(21)37-2)34-38(35,36)23-6-4-3-5-22(23)28/h3-6,11-15,19-20H,7-10,29H2,1-2H3,(H,32,34)(H,30,31,33)/t19-,20-. The van der Waals surface area contributed by atoms with Gasteiger partial charge in [-0.25, -0.2) is 18.4 Å². The molecule has 1 aliphatic rings. The summed E-state index contributed by atoms with van der Waals surface area (Å²) in [7, 11) is -2.44. The molecule has 4 N–H and O–H groups in total. The van der Waals surface area contributed by atoms with Crippen molar-refractivity contribution in [2.75, 3.05) is 17.1 Å². The second kappa shape index (κ2) is 10.7. The number of halogens is 1. The smallest absolute Gasteiger partial charge is 0.264 e. The second-order valence-corrected chi connectivity index (χ2v) is 11.5. The largest absolute Gasteiger partial charge is 0.480 e. The number of aromatic nitrogens is 3. The first-order valence-corrected chi connectivity index (χ1v) is 14.2. The molecule has 38 heavy (non-hydrogen) atoms. The van der Waals surface area contributed by atoms with Gasteiger partial charge in [-0.2, -0.15) is 4.98 Å². The number of ether oxygens (including phenoxy) is 1. The van der Waals surface area contributed by atoms with Crippen molar-refractivity contribution >= 4 is 44.3 Å². The average Bonchev–Trinajstić information content (AvgIpc) is 2.90. The summed E-state index contributed by atoms with van der Waals surface area (Å²) in [6, 6.07) is 14.2. The maximum Gasteiger partial charge on any atom is 0.264 e. The van der Waals surface area contributed by atoms with Gasteiger partial charge in [0.2, 0.25) is 11.8 Å². The van der Waals surface area contributed by atoms with E-state index in [4.69, 9.17) is 27.1 Å². The summed E-state index contributed by atoms with van der Waals surface area (Å²) < 4.78 is 33.7. The fraction of sp³-hybridized carbons (Fsp3) is 0.296. The molecule has 0 unspecified atom stereocenters. The van der Waals surface area contributed by atoms with E-state index in [1.807, 2.05) is 25.3 Å². The van der Waals surface area contributed by atoms with E-state index in [2.05, 4.69) is 20.0 Å². The fourth-order valence-electron chi connectivity index (χ4n) is 4.72. The molecule has 5 rings (SSSR count). The molecule has 2 aromatic heterocycles. The Labute approximate surface area is 226 Å². The maximum absolute atomic E-state index is 12.8. The molecule has 0 amide bonds. The Hall–Kier alpha value is -3.47. The highest BCUT2D eigenvalue weighted by Gasteiger charge is 2.21. The van der Waals surface area contributed by atoms with Crippen LogP contribution in [0.3, 0.4) is 0 Å². The van der Waals surface area contributed by atoms with Crippen molar-refractivity contribution in [2.45, 2.75) is 49.6 Å². The Morgan fingerprint density at radius 3 is 2.55 bits per heavy atom. The number of nitrogens with two attached hydrogens (primary N) is 1. The number of methoxy groups -OCH3 is 1. The molecule has 9 nitrogen and oxygen atoms in total. The van der Waals surface area contributed by atoms with Crippen LogP contribution in [0.2, 0.25) is 5.02 Å². The minimum absolute atomic E-state index is 0.0300. The number of hydrogen-bond acceptors (Lipinski definition) is 8. The highest BCUT2D eigenvalue weighted by Crippen LogP contribution is 2.34. The number of anilines is 2. The molecular formula is C27H29ClN6O3S. The number of hydrogen-bond donors (Lipinski definition) is 3. The topological polar surface area (TPSA) is 132 Å². The summed E-state index contributed by atoms with van der Waals surface area (Å²) in [6.07, 6.45) is 5.84. The minimum Gasteiger partial charge on any atom is -0.480 e. The fourth-order valence-corrected chi connectivity index (χ4v) is 6.24. The summed E-state index contributed by atoms with van der Waals surface area (Å²) in [4.78, 5) is 13.7. The molecule has 1 aliphatic carbocycles. The molecule has 11 heteroatoms. The molecule has 0 saturated heterocycles. The molecular weight excluding hydrogens is 524 g/mol. The van der Waals surface area contributed by atoms with Crippen molar-refractivity contribution in [3.05, 3.63) is 65.3 Å².